The van der Waals surface area contributed by atoms with Crippen LogP contribution in [-0.4, -0.2) is 32.6 Å². The molecule has 0 aliphatic carbocycles. The minimum Gasteiger partial charge on any atom is -0.496 e. The standard InChI is InChI=1S/C15H19NO4/c1-9-7-10(5-6-12(9)19-3)11-8-16-13(17)15(11,2)14(18)20-4/h5-7,11H,8H2,1-4H3,(H,16,17)/t11-,15-/m0/s1. The Hall–Kier alpha value is -2.04. The average molecular weight is 277 g/mol. The van der Waals surface area contributed by atoms with Crippen molar-refractivity contribution in [2.75, 3.05) is 20.8 Å². The van der Waals surface area contributed by atoms with Gasteiger partial charge in [0.1, 0.15) is 5.75 Å². The summed E-state index contributed by atoms with van der Waals surface area (Å²) in [6.07, 6.45) is 0. The van der Waals surface area contributed by atoms with Crippen molar-refractivity contribution in [2.24, 2.45) is 5.41 Å². The summed E-state index contributed by atoms with van der Waals surface area (Å²) >= 11 is 0. The van der Waals surface area contributed by atoms with Crippen molar-refractivity contribution in [3.63, 3.8) is 0 Å². The van der Waals surface area contributed by atoms with Crippen molar-refractivity contribution in [2.45, 2.75) is 19.8 Å². The van der Waals surface area contributed by atoms with E-state index >= 15 is 0 Å². The molecule has 20 heavy (non-hydrogen) atoms. The van der Waals surface area contributed by atoms with Gasteiger partial charge in [0.15, 0.2) is 5.41 Å². The van der Waals surface area contributed by atoms with E-state index in [1.54, 1.807) is 14.0 Å². The topological polar surface area (TPSA) is 64.6 Å². The number of methoxy groups -OCH3 is 2. The summed E-state index contributed by atoms with van der Waals surface area (Å²) in [4.78, 5) is 24.1. The fraction of sp³-hybridized carbons (Fsp3) is 0.467. The molecular formula is C15H19NO4. The van der Waals surface area contributed by atoms with Crippen molar-refractivity contribution >= 4 is 11.9 Å². The molecule has 1 aromatic carbocycles. The van der Waals surface area contributed by atoms with Crippen molar-refractivity contribution < 1.29 is 19.1 Å². The first-order chi connectivity index (χ1) is 9.44. The van der Waals surface area contributed by atoms with Gasteiger partial charge in [0.2, 0.25) is 5.91 Å². The highest BCUT2D eigenvalue weighted by atomic mass is 16.5. The van der Waals surface area contributed by atoms with Gasteiger partial charge in [-0.3, -0.25) is 9.59 Å². The Labute approximate surface area is 118 Å². The number of rotatable bonds is 3. The fourth-order valence-corrected chi connectivity index (χ4v) is 2.76. The van der Waals surface area contributed by atoms with Crippen LogP contribution in [0.3, 0.4) is 0 Å². The predicted molar refractivity (Wildman–Crippen MR) is 73.6 cm³/mol. The Kier molecular flexibility index (Phi) is 3.70. The van der Waals surface area contributed by atoms with Crippen molar-refractivity contribution in [1.29, 1.82) is 0 Å². The molecule has 1 fully saturated rings. The van der Waals surface area contributed by atoms with Gasteiger partial charge in [-0.15, -0.1) is 0 Å². The third-order valence-corrected chi connectivity index (χ3v) is 4.07. The minimum atomic E-state index is -1.18. The molecule has 0 saturated carbocycles. The van der Waals surface area contributed by atoms with Crippen LogP contribution < -0.4 is 10.1 Å². The lowest BCUT2D eigenvalue weighted by atomic mass is 9.75. The maximum absolute atomic E-state index is 12.1. The Balaban J connectivity index is 2.43. The number of benzene rings is 1. The van der Waals surface area contributed by atoms with E-state index in [0.717, 1.165) is 16.9 Å². The lowest BCUT2D eigenvalue weighted by Gasteiger charge is -2.26. The van der Waals surface area contributed by atoms with Crippen LogP contribution in [0.25, 0.3) is 0 Å². The molecule has 1 aliphatic rings. The first kappa shape index (κ1) is 14.4. The summed E-state index contributed by atoms with van der Waals surface area (Å²) < 4.78 is 10.0. The highest BCUT2D eigenvalue weighted by molar-refractivity contribution is 6.05. The maximum atomic E-state index is 12.1. The molecule has 1 aliphatic heterocycles. The van der Waals surface area contributed by atoms with Crippen LogP contribution in [0.1, 0.15) is 24.0 Å². The van der Waals surface area contributed by atoms with E-state index in [0.29, 0.717) is 6.54 Å². The van der Waals surface area contributed by atoms with Crippen molar-refractivity contribution in [3.05, 3.63) is 29.3 Å². The molecule has 1 heterocycles. The van der Waals surface area contributed by atoms with E-state index in [1.165, 1.54) is 7.11 Å². The second kappa shape index (κ2) is 5.15. The largest absolute Gasteiger partial charge is 0.496 e. The average Bonchev–Trinajstić information content (AvgIpc) is 2.75. The molecule has 0 aromatic heterocycles. The van der Waals surface area contributed by atoms with Crippen LogP contribution >= 0.6 is 0 Å². The van der Waals surface area contributed by atoms with E-state index in [-0.39, 0.29) is 11.8 Å². The van der Waals surface area contributed by atoms with E-state index in [9.17, 15) is 9.59 Å². The van der Waals surface area contributed by atoms with Crippen molar-refractivity contribution in [1.82, 2.24) is 5.32 Å². The molecule has 2 atom stereocenters. The lowest BCUT2D eigenvalue weighted by Crippen LogP contribution is -2.40. The van der Waals surface area contributed by atoms with Crippen LogP contribution in [0, 0.1) is 12.3 Å². The molecule has 0 spiro atoms. The number of carbonyl (C=O) groups is 2. The zero-order valence-corrected chi connectivity index (χ0v) is 12.1. The smallest absolute Gasteiger partial charge is 0.321 e. The molecule has 0 unspecified atom stereocenters. The minimum absolute atomic E-state index is 0.243. The number of hydrogen-bond donors (Lipinski definition) is 1. The summed E-state index contributed by atoms with van der Waals surface area (Å²) in [7, 11) is 2.91. The van der Waals surface area contributed by atoms with Crippen LogP contribution in [-0.2, 0) is 14.3 Å². The monoisotopic (exact) mass is 277 g/mol. The molecule has 108 valence electrons. The Bertz CT molecular complexity index is 555. The fourth-order valence-electron chi connectivity index (χ4n) is 2.76. The van der Waals surface area contributed by atoms with Gasteiger partial charge in [0.05, 0.1) is 14.2 Å². The number of hydrogen-bond acceptors (Lipinski definition) is 4. The summed E-state index contributed by atoms with van der Waals surface area (Å²) in [6.45, 7) is 3.99. The van der Waals surface area contributed by atoms with E-state index < -0.39 is 11.4 Å². The third kappa shape index (κ3) is 2.03. The normalized spacial score (nSPS) is 25.2. The van der Waals surface area contributed by atoms with Gasteiger partial charge >= 0.3 is 5.97 Å². The molecule has 1 amide bonds. The Morgan fingerprint density at radius 3 is 2.65 bits per heavy atom. The highest BCUT2D eigenvalue weighted by Crippen LogP contribution is 2.41. The van der Waals surface area contributed by atoms with Gasteiger partial charge in [-0.05, 0) is 31.0 Å². The van der Waals surface area contributed by atoms with Gasteiger partial charge in [-0.1, -0.05) is 12.1 Å². The quantitative estimate of drug-likeness (QED) is 0.670. The van der Waals surface area contributed by atoms with E-state index in [2.05, 4.69) is 5.32 Å². The molecule has 1 aromatic rings. The Morgan fingerprint density at radius 1 is 1.40 bits per heavy atom. The third-order valence-electron chi connectivity index (χ3n) is 4.07. The van der Waals surface area contributed by atoms with Gasteiger partial charge in [-0.2, -0.15) is 0 Å². The first-order valence-electron chi connectivity index (χ1n) is 6.46. The second-order valence-electron chi connectivity index (χ2n) is 5.19. The SMILES string of the molecule is COC(=O)[C@]1(C)C(=O)NC[C@H]1c1ccc(OC)c(C)c1. The zero-order valence-electron chi connectivity index (χ0n) is 12.1. The van der Waals surface area contributed by atoms with E-state index in [1.807, 2.05) is 25.1 Å². The molecule has 5 nitrogen and oxygen atoms in total. The molecule has 0 radical (unpaired) electrons. The van der Waals surface area contributed by atoms with Crippen LogP contribution in [0.15, 0.2) is 18.2 Å². The summed E-state index contributed by atoms with van der Waals surface area (Å²) in [5.74, 6) is -0.258. The molecule has 1 saturated heterocycles. The van der Waals surface area contributed by atoms with Crippen LogP contribution in [0.4, 0.5) is 0 Å². The molecule has 2 rings (SSSR count). The summed E-state index contributed by atoms with van der Waals surface area (Å²) in [6, 6.07) is 5.69. The molecular weight excluding hydrogens is 258 g/mol. The highest BCUT2D eigenvalue weighted by Gasteiger charge is 2.54. The van der Waals surface area contributed by atoms with E-state index in [4.69, 9.17) is 9.47 Å². The van der Waals surface area contributed by atoms with Gasteiger partial charge < -0.3 is 14.8 Å². The zero-order chi connectivity index (χ0) is 14.9. The number of aryl methyl sites for hydroxylation is 1. The van der Waals surface area contributed by atoms with Crippen molar-refractivity contribution in [3.8, 4) is 5.75 Å². The van der Waals surface area contributed by atoms with Gasteiger partial charge in [0, 0.05) is 12.5 Å². The predicted octanol–water partition coefficient (Wildman–Crippen LogP) is 1.40. The summed E-state index contributed by atoms with van der Waals surface area (Å²) in [5.41, 5.74) is 0.710. The van der Waals surface area contributed by atoms with Gasteiger partial charge in [-0.25, -0.2) is 0 Å². The molecule has 0 bridgehead atoms. The summed E-state index contributed by atoms with van der Waals surface area (Å²) in [5, 5.41) is 2.75. The van der Waals surface area contributed by atoms with Crippen LogP contribution in [0.5, 0.6) is 5.75 Å². The lowest BCUT2D eigenvalue weighted by molar-refractivity contribution is -0.156. The van der Waals surface area contributed by atoms with Gasteiger partial charge in [0.25, 0.3) is 0 Å². The van der Waals surface area contributed by atoms with Crippen LogP contribution in [0.2, 0.25) is 0 Å². The molecule has 1 N–H and O–H groups in total. The Morgan fingerprint density at radius 2 is 2.10 bits per heavy atom. The number of amides is 1. The number of nitrogens with one attached hydrogen (secondary N) is 1. The number of carbonyl (C=O) groups excluding carboxylic acids is 2. The second-order valence-corrected chi connectivity index (χ2v) is 5.19. The number of ether oxygens (including phenoxy) is 2. The maximum Gasteiger partial charge on any atom is 0.321 e. The first-order valence-corrected chi connectivity index (χ1v) is 6.46. The number of esters is 1. The molecule has 5 heteroatoms.